The molecular formula is C18H22FNO4S. The van der Waals surface area contributed by atoms with E-state index in [1.807, 2.05) is 24.3 Å². The molecule has 0 heterocycles. The number of halogens is 1. The van der Waals surface area contributed by atoms with Crippen molar-refractivity contribution in [3.8, 4) is 11.5 Å². The molecular weight excluding hydrogens is 345 g/mol. The fourth-order valence-corrected chi connectivity index (χ4v) is 3.24. The zero-order valence-electron chi connectivity index (χ0n) is 14.1. The van der Waals surface area contributed by atoms with Crippen molar-refractivity contribution < 1.29 is 22.3 Å². The van der Waals surface area contributed by atoms with E-state index in [1.54, 1.807) is 7.11 Å². The van der Waals surface area contributed by atoms with Gasteiger partial charge in [-0.3, -0.25) is 0 Å². The standard InChI is InChI=1S/C18H22FNO4S/c1-23-17-7-3-15(4-8-17)11-12-20-25(21,22)14-2-13-24-18-9-5-16(19)6-10-18/h3-10,20H,2,11-14H2,1H3. The second-order valence-electron chi connectivity index (χ2n) is 5.47. The largest absolute Gasteiger partial charge is 0.497 e. The SMILES string of the molecule is COc1ccc(CCNS(=O)(=O)CCCOc2ccc(F)cc2)cc1. The van der Waals surface area contributed by atoms with Crippen molar-refractivity contribution >= 4 is 10.0 Å². The van der Waals surface area contributed by atoms with Crippen molar-refractivity contribution in [2.75, 3.05) is 26.0 Å². The molecule has 7 heteroatoms. The molecule has 0 bridgehead atoms. The highest BCUT2D eigenvalue weighted by Gasteiger charge is 2.09. The van der Waals surface area contributed by atoms with E-state index in [-0.39, 0.29) is 18.2 Å². The molecule has 0 aliphatic rings. The van der Waals surface area contributed by atoms with Crippen molar-refractivity contribution in [1.29, 1.82) is 0 Å². The van der Waals surface area contributed by atoms with Crippen LogP contribution >= 0.6 is 0 Å². The predicted molar refractivity (Wildman–Crippen MR) is 95.0 cm³/mol. The van der Waals surface area contributed by atoms with Gasteiger partial charge in [-0.1, -0.05) is 12.1 Å². The van der Waals surface area contributed by atoms with Crippen molar-refractivity contribution in [2.24, 2.45) is 0 Å². The van der Waals surface area contributed by atoms with E-state index in [4.69, 9.17) is 9.47 Å². The molecule has 0 radical (unpaired) electrons. The lowest BCUT2D eigenvalue weighted by molar-refractivity contribution is 0.317. The Morgan fingerprint density at radius 2 is 1.64 bits per heavy atom. The van der Waals surface area contributed by atoms with E-state index in [2.05, 4.69) is 4.72 Å². The maximum absolute atomic E-state index is 12.8. The Kier molecular flexibility index (Phi) is 7.21. The molecule has 0 spiro atoms. The molecule has 0 fully saturated rings. The lowest BCUT2D eigenvalue weighted by Gasteiger charge is -2.08. The molecule has 2 rings (SSSR count). The fraction of sp³-hybridized carbons (Fsp3) is 0.333. The first kappa shape index (κ1) is 19.2. The van der Waals surface area contributed by atoms with Crippen molar-refractivity contribution in [3.63, 3.8) is 0 Å². The van der Waals surface area contributed by atoms with Gasteiger partial charge >= 0.3 is 0 Å². The summed E-state index contributed by atoms with van der Waals surface area (Å²) in [6, 6.07) is 13.1. The summed E-state index contributed by atoms with van der Waals surface area (Å²) in [6.07, 6.45) is 0.963. The second-order valence-corrected chi connectivity index (χ2v) is 7.39. The van der Waals surface area contributed by atoms with Crippen LogP contribution in [0, 0.1) is 5.82 Å². The summed E-state index contributed by atoms with van der Waals surface area (Å²) < 4.78 is 49.7. The van der Waals surface area contributed by atoms with Gasteiger partial charge in [0.05, 0.1) is 19.5 Å². The fourth-order valence-electron chi connectivity index (χ4n) is 2.19. The molecule has 136 valence electrons. The Bertz CT molecular complexity index is 746. The van der Waals surface area contributed by atoms with Crippen molar-refractivity contribution in [1.82, 2.24) is 4.72 Å². The van der Waals surface area contributed by atoms with E-state index in [0.29, 0.717) is 25.1 Å². The average molecular weight is 367 g/mol. The van der Waals surface area contributed by atoms with E-state index < -0.39 is 10.0 Å². The summed E-state index contributed by atoms with van der Waals surface area (Å²) in [6.45, 7) is 0.596. The van der Waals surface area contributed by atoms with Crippen LogP contribution in [-0.2, 0) is 16.4 Å². The number of nitrogens with one attached hydrogen (secondary N) is 1. The first-order valence-electron chi connectivity index (χ1n) is 7.97. The summed E-state index contributed by atoms with van der Waals surface area (Å²) in [5, 5.41) is 0. The number of sulfonamides is 1. The summed E-state index contributed by atoms with van der Waals surface area (Å²) in [5.41, 5.74) is 1.03. The monoisotopic (exact) mass is 367 g/mol. The quantitative estimate of drug-likeness (QED) is 0.656. The lowest BCUT2D eigenvalue weighted by Crippen LogP contribution is -2.29. The van der Waals surface area contributed by atoms with Gasteiger partial charge in [0.15, 0.2) is 0 Å². The third-order valence-corrected chi connectivity index (χ3v) is 5.00. The third-order valence-electron chi connectivity index (χ3n) is 3.53. The van der Waals surface area contributed by atoms with Gasteiger partial charge in [-0.2, -0.15) is 0 Å². The van der Waals surface area contributed by atoms with E-state index >= 15 is 0 Å². The zero-order chi connectivity index (χ0) is 18.1. The van der Waals surface area contributed by atoms with Gasteiger partial charge in [-0.05, 0) is 54.8 Å². The van der Waals surface area contributed by atoms with Gasteiger partial charge in [0.25, 0.3) is 0 Å². The summed E-state index contributed by atoms with van der Waals surface area (Å²) in [5.74, 6) is 0.935. The Balaban J connectivity index is 1.65. The molecule has 5 nitrogen and oxygen atoms in total. The summed E-state index contributed by atoms with van der Waals surface area (Å²) in [7, 11) is -1.74. The van der Waals surface area contributed by atoms with Crippen LogP contribution in [0.4, 0.5) is 4.39 Å². The number of ether oxygens (including phenoxy) is 2. The number of hydrogen-bond donors (Lipinski definition) is 1. The summed E-state index contributed by atoms with van der Waals surface area (Å²) in [4.78, 5) is 0. The number of benzene rings is 2. The van der Waals surface area contributed by atoms with Crippen LogP contribution in [0.5, 0.6) is 11.5 Å². The maximum Gasteiger partial charge on any atom is 0.211 e. The van der Waals surface area contributed by atoms with Crippen LogP contribution in [0.3, 0.4) is 0 Å². The van der Waals surface area contributed by atoms with Gasteiger partial charge in [0.2, 0.25) is 10.0 Å². The highest BCUT2D eigenvalue weighted by atomic mass is 32.2. The molecule has 0 aliphatic carbocycles. The molecule has 0 aromatic heterocycles. The Hall–Kier alpha value is -2.12. The average Bonchev–Trinajstić information content (AvgIpc) is 2.61. The smallest absolute Gasteiger partial charge is 0.211 e. The molecule has 25 heavy (non-hydrogen) atoms. The van der Waals surface area contributed by atoms with Gasteiger partial charge in [-0.25, -0.2) is 17.5 Å². The molecule has 0 saturated heterocycles. The first-order valence-corrected chi connectivity index (χ1v) is 9.62. The molecule has 0 amide bonds. The molecule has 0 atom stereocenters. The minimum atomic E-state index is -3.34. The lowest BCUT2D eigenvalue weighted by atomic mass is 10.1. The maximum atomic E-state index is 12.8. The molecule has 1 N–H and O–H groups in total. The molecule has 0 saturated carbocycles. The van der Waals surface area contributed by atoms with Gasteiger partial charge in [-0.15, -0.1) is 0 Å². The minimum absolute atomic E-state index is 0.0171. The predicted octanol–water partition coefficient (Wildman–Crippen LogP) is 2.77. The first-order chi connectivity index (χ1) is 12.0. The van der Waals surface area contributed by atoms with Crippen molar-refractivity contribution in [3.05, 3.63) is 59.9 Å². The van der Waals surface area contributed by atoms with Crippen molar-refractivity contribution in [2.45, 2.75) is 12.8 Å². The van der Waals surface area contributed by atoms with E-state index in [9.17, 15) is 12.8 Å². The normalized spacial score (nSPS) is 11.3. The molecule has 2 aromatic carbocycles. The van der Waals surface area contributed by atoms with Crippen LogP contribution in [0.1, 0.15) is 12.0 Å². The second kappa shape index (κ2) is 9.39. The Morgan fingerprint density at radius 1 is 1.00 bits per heavy atom. The van der Waals surface area contributed by atoms with Crippen LogP contribution in [0.25, 0.3) is 0 Å². The number of rotatable bonds is 10. The van der Waals surface area contributed by atoms with Crippen LogP contribution in [0.15, 0.2) is 48.5 Å². The molecule has 0 aliphatic heterocycles. The topological polar surface area (TPSA) is 64.6 Å². The Morgan fingerprint density at radius 3 is 2.28 bits per heavy atom. The minimum Gasteiger partial charge on any atom is -0.497 e. The summed E-state index contributed by atoms with van der Waals surface area (Å²) >= 11 is 0. The van der Waals surface area contributed by atoms with Crippen LogP contribution < -0.4 is 14.2 Å². The van der Waals surface area contributed by atoms with E-state index in [0.717, 1.165) is 11.3 Å². The Labute approximate surface area is 147 Å². The van der Waals surface area contributed by atoms with Crippen LogP contribution in [-0.4, -0.2) is 34.4 Å². The molecule has 0 unspecified atom stereocenters. The third kappa shape index (κ3) is 7.11. The number of methoxy groups -OCH3 is 1. The van der Waals surface area contributed by atoms with E-state index in [1.165, 1.54) is 24.3 Å². The van der Waals surface area contributed by atoms with Crippen LogP contribution in [0.2, 0.25) is 0 Å². The highest BCUT2D eigenvalue weighted by molar-refractivity contribution is 7.89. The van der Waals surface area contributed by atoms with Gasteiger partial charge < -0.3 is 9.47 Å². The van der Waals surface area contributed by atoms with Gasteiger partial charge in [0, 0.05) is 6.54 Å². The van der Waals surface area contributed by atoms with Gasteiger partial charge in [0.1, 0.15) is 17.3 Å². The number of hydrogen-bond acceptors (Lipinski definition) is 4. The molecule has 2 aromatic rings. The highest BCUT2D eigenvalue weighted by Crippen LogP contribution is 2.12. The zero-order valence-corrected chi connectivity index (χ0v) is 14.9.